The Bertz CT molecular complexity index is 457. The number of amides is 1. The molecule has 0 spiro atoms. The third kappa shape index (κ3) is 3.81. The molecule has 1 amide bonds. The molecule has 1 aromatic heterocycles. The van der Waals surface area contributed by atoms with Crippen molar-refractivity contribution in [2.75, 3.05) is 13.7 Å². The minimum absolute atomic E-state index is 0.0549. The Morgan fingerprint density at radius 1 is 1.44 bits per heavy atom. The maximum Gasteiger partial charge on any atom is 0.396 e. The average Bonchev–Trinajstić information content (AvgIpc) is 2.84. The van der Waals surface area contributed by atoms with E-state index in [1.54, 1.807) is 6.92 Å². The molecule has 1 aromatic rings. The van der Waals surface area contributed by atoms with Gasteiger partial charge in [0.2, 0.25) is 0 Å². The Kier molecular flexibility index (Phi) is 5.25. The molecule has 18 heavy (non-hydrogen) atoms. The number of ether oxygens (including phenoxy) is 2. The van der Waals surface area contributed by atoms with Crippen LogP contribution < -0.4 is 5.32 Å². The normalized spacial score (nSPS) is 9.67. The van der Waals surface area contributed by atoms with Gasteiger partial charge in [-0.15, -0.1) is 11.3 Å². The lowest BCUT2D eigenvalue weighted by atomic mass is 10.5. The SMILES string of the molecule is CCOC(=O)C(=O)NCc1nc(C(=O)OC)cs1. The highest BCUT2D eigenvalue weighted by Gasteiger charge is 2.15. The Hall–Kier alpha value is -1.96. The van der Waals surface area contributed by atoms with Gasteiger partial charge in [0, 0.05) is 5.38 Å². The van der Waals surface area contributed by atoms with E-state index in [0.29, 0.717) is 5.01 Å². The molecule has 0 bridgehead atoms. The number of carbonyl (C=O) groups is 3. The number of carbonyl (C=O) groups excluding carboxylic acids is 3. The zero-order chi connectivity index (χ0) is 13.5. The van der Waals surface area contributed by atoms with Gasteiger partial charge in [-0.3, -0.25) is 4.79 Å². The lowest BCUT2D eigenvalue weighted by Crippen LogP contribution is -2.32. The van der Waals surface area contributed by atoms with Crippen molar-refractivity contribution in [1.82, 2.24) is 10.3 Å². The molecule has 0 aliphatic heterocycles. The van der Waals surface area contributed by atoms with Crippen molar-refractivity contribution in [1.29, 1.82) is 0 Å². The van der Waals surface area contributed by atoms with Crippen molar-refractivity contribution >= 4 is 29.2 Å². The number of nitrogens with zero attached hydrogens (tertiary/aromatic N) is 1. The predicted molar refractivity (Wildman–Crippen MR) is 61.9 cm³/mol. The van der Waals surface area contributed by atoms with E-state index in [2.05, 4.69) is 19.8 Å². The van der Waals surface area contributed by atoms with Crippen LogP contribution in [0.3, 0.4) is 0 Å². The molecule has 0 aliphatic rings. The van der Waals surface area contributed by atoms with Gasteiger partial charge in [-0.05, 0) is 6.92 Å². The Morgan fingerprint density at radius 3 is 2.78 bits per heavy atom. The van der Waals surface area contributed by atoms with E-state index in [9.17, 15) is 14.4 Å². The number of rotatable bonds is 4. The smallest absolute Gasteiger partial charge is 0.396 e. The summed E-state index contributed by atoms with van der Waals surface area (Å²) in [5.74, 6) is -2.33. The number of nitrogens with one attached hydrogen (secondary N) is 1. The number of hydrogen-bond acceptors (Lipinski definition) is 7. The van der Waals surface area contributed by atoms with E-state index in [1.807, 2.05) is 0 Å². The highest BCUT2D eigenvalue weighted by atomic mass is 32.1. The first-order valence-corrected chi connectivity index (χ1v) is 5.94. The van der Waals surface area contributed by atoms with Crippen molar-refractivity contribution in [2.24, 2.45) is 0 Å². The first-order chi connectivity index (χ1) is 8.58. The molecule has 0 unspecified atom stereocenters. The number of hydrogen-bond donors (Lipinski definition) is 1. The lowest BCUT2D eigenvalue weighted by Gasteiger charge is -2.01. The van der Waals surface area contributed by atoms with Crippen molar-refractivity contribution < 1.29 is 23.9 Å². The molecule has 1 rings (SSSR count). The van der Waals surface area contributed by atoms with Crippen molar-refractivity contribution in [2.45, 2.75) is 13.5 Å². The molecule has 0 radical (unpaired) electrons. The molecule has 98 valence electrons. The minimum Gasteiger partial charge on any atom is -0.464 e. The number of methoxy groups -OCH3 is 1. The van der Waals surface area contributed by atoms with Crippen molar-refractivity contribution in [3.05, 3.63) is 16.1 Å². The summed E-state index contributed by atoms with van der Waals surface area (Å²) < 4.78 is 9.00. The van der Waals surface area contributed by atoms with E-state index in [1.165, 1.54) is 23.8 Å². The molecule has 0 aromatic carbocycles. The van der Waals surface area contributed by atoms with Crippen LogP contribution in [0.25, 0.3) is 0 Å². The summed E-state index contributed by atoms with van der Waals surface area (Å²) in [6.45, 7) is 1.80. The summed E-state index contributed by atoms with van der Waals surface area (Å²) in [5.41, 5.74) is 0.169. The van der Waals surface area contributed by atoms with Gasteiger partial charge in [-0.2, -0.15) is 0 Å². The summed E-state index contributed by atoms with van der Waals surface area (Å²) in [6, 6.07) is 0. The van der Waals surface area contributed by atoms with Crippen LogP contribution in [0.1, 0.15) is 22.4 Å². The van der Waals surface area contributed by atoms with E-state index < -0.39 is 17.8 Å². The van der Waals surface area contributed by atoms with E-state index >= 15 is 0 Å². The summed E-state index contributed by atoms with van der Waals surface area (Å²) in [4.78, 5) is 37.3. The van der Waals surface area contributed by atoms with E-state index in [-0.39, 0.29) is 18.8 Å². The number of aromatic nitrogens is 1. The van der Waals surface area contributed by atoms with Crippen molar-refractivity contribution in [3.8, 4) is 0 Å². The van der Waals surface area contributed by atoms with Gasteiger partial charge in [0.15, 0.2) is 5.69 Å². The molecule has 8 heteroatoms. The van der Waals surface area contributed by atoms with Crippen LogP contribution in [0, 0.1) is 0 Å². The number of thiazole rings is 1. The Morgan fingerprint density at radius 2 is 2.17 bits per heavy atom. The van der Waals surface area contributed by atoms with Crippen LogP contribution in [0.4, 0.5) is 0 Å². The van der Waals surface area contributed by atoms with Crippen LogP contribution in [-0.2, 0) is 25.6 Å². The van der Waals surface area contributed by atoms with Gasteiger partial charge >= 0.3 is 17.8 Å². The second kappa shape index (κ2) is 6.70. The monoisotopic (exact) mass is 272 g/mol. The molecule has 0 atom stereocenters. The van der Waals surface area contributed by atoms with Crippen LogP contribution >= 0.6 is 11.3 Å². The van der Waals surface area contributed by atoms with E-state index in [0.717, 1.165) is 0 Å². The van der Waals surface area contributed by atoms with Crippen LogP contribution in [-0.4, -0.2) is 36.5 Å². The average molecular weight is 272 g/mol. The number of esters is 2. The van der Waals surface area contributed by atoms with Gasteiger partial charge in [0.1, 0.15) is 5.01 Å². The molecule has 0 fully saturated rings. The Labute approximate surface area is 107 Å². The standard InChI is InChI=1S/C10H12N2O5S/c1-3-17-10(15)8(13)11-4-7-12-6(5-18-7)9(14)16-2/h5H,3-4H2,1-2H3,(H,11,13). The third-order valence-electron chi connectivity index (χ3n) is 1.81. The fourth-order valence-electron chi connectivity index (χ4n) is 1.02. The summed E-state index contributed by atoms with van der Waals surface area (Å²) in [7, 11) is 1.25. The highest BCUT2D eigenvalue weighted by molar-refractivity contribution is 7.09. The lowest BCUT2D eigenvalue weighted by molar-refractivity contribution is -0.154. The third-order valence-corrected chi connectivity index (χ3v) is 2.66. The van der Waals surface area contributed by atoms with Gasteiger partial charge in [0.05, 0.1) is 20.3 Å². The Balaban J connectivity index is 2.49. The molecular weight excluding hydrogens is 260 g/mol. The molecule has 0 saturated heterocycles. The molecular formula is C10H12N2O5S. The molecule has 7 nitrogen and oxygen atoms in total. The van der Waals surface area contributed by atoms with Crippen molar-refractivity contribution in [3.63, 3.8) is 0 Å². The highest BCUT2D eigenvalue weighted by Crippen LogP contribution is 2.10. The van der Waals surface area contributed by atoms with Gasteiger partial charge in [0.25, 0.3) is 0 Å². The van der Waals surface area contributed by atoms with Gasteiger partial charge in [-0.1, -0.05) is 0 Å². The van der Waals surface area contributed by atoms with Crippen LogP contribution in [0.15, 0.2) is 5.38 Å². The summed E-state index contributed by atoms with van der Waals surface area (Å²) >= 11 is 1.18. The fourth-order valence-corrected chi connectivity index (χ4v) is 1.72. The quantitative estimate of drug-likeness (QED) is 0.617. The zero-order valence-corrected chi connectivity index (χ0v) is 10.7. The maximum atomic E-state index is 11.2. The largest absolute Gasteiger partial charge is 0.464 e. The first-order valence-electron chi connectivity index (χ1n) is 5.06. The topological polar surface area (TPSA) is 94.6 Å². The zero-order valence-electron chi connectivity index (χ0n) is 9.89. The predicted octanol–water partition coefficient (Wildman–Crippen LogP) is 0.109. The van der Waals surface area contributed by atoms with Crippen LogP contribution in [0.5, 0.6) is 0 Å². The van der Waals surface area contributed by atoms with Crippen LogP contribution in [0.2, 0.25) is 0 Å². The molecule has 0 aliphatic carbocycles. The summed E-state index contributed by atoms with van der Waals surface area (Å²) in [5, 5.41) is 4.34. The maximum absolute atomic E-state index is 11.2. The summed E-state index contributed by atoms with van der Waals surface area (Å²) in [6.07, 6.45) is 0. The first kappa shape index (κ1) is 14.1. The van der Waals surface area contributed by atoms with E-state index in [4.69, 9.17) is 0 Å². The molecule has 0 saturated carbocycles. The second-order valence-electron chi connectivity index (χ2n) is 3.02. The second-order valence-corrected chi connectivity index (χ2v) is 3.96. The van der Waals surface area contributed by atoms with Gasteiger partial charge < -0.3 is 14.8 Å². The molecule has 1 N–H and O–H groups in total. The van der Waals surface area contributed by atoms with Gasteiger partial charge in [-0.25, -0.2) is 14.6 Å². The molecule has 1 heterocycles. The fraction of sp³-hybridized carbons (Fsp3) is 0.400. The minimum atomic E-state index is -0.942.